The average Bonchev–Trinajstić information content (AvgIpc) is 2.49. The molecular weight excluding hydrogens is 236 g/mol. The zero-order valence-electron chi connectivity index (χ0n) is 9.61. The van der Waals surface area contributed by atoms with Gasteiger partial charge in [0.15, 0.2) is 0 Å². The van der Waals surface area contributed by atoms with Gasteiger partial charge in [-0.25, -0.2) is 0 Å². The number of carbonyl (C=O) groups is 2. The summed E-state index contributed by atoms with van der Waals surface area (Å²) in [4.78, 5) is 25.4. The number of hydrogen-bond acceptors (Lipinski definition) is 3. The molecule has 88 valence electrons. The summed E-state index contributed by atoms with van der Waals surface area (Å²) in [6.45, 7) is 3.63. The van der Waals surface area contributed by atoms with Crippen LogP contribution in [0, 0.1) is 13.8 Å². The zero-order valence-corrected chi connectivity index (χ0v) is 10.4. The molecule has 1 aromatic carbocycles. The van der Waals surface area contributed by atoms with Gasteiger partial charge >= 0.3 is 0 Å². The molecule has 0 atom stereocenters. The van der Waals surface area contributed by atoms with Crippen molar-refractivity contribution in [3.8, 4) is 0 Å². The van der Waals surface area contributed by atoms with E-state index in [-0.39, 0.29) is 23.3 Å². The van der Waals surface area contributed by atoms with Crippen LogP contribution in [-0.2, 0) is 0 Å². The van der Waals surface area contributed by atoms with Crippen LogP contribution in [-0.4, -0.2) is 28.2 Å². The highest BCUT2D eigenvalue weighted by Crippen LogP contribution is 2.28. The molecule has 0 aromatic heterocycles. The fraction of sp³-hybridized carbons (Fsp3) is 0.250. The van der Waals surface area contributed by atoms with Crippen LogP contribution in [0.2, 0.25) is 0 Å². The lowest BCUT2D eigenvalue weighted by Crippen LogP contribution is -2.37. The zero-order chi connectivity index (χ0) is 12.7. The van der Waals surface area contributed by atoms with E-state index in [0.29, 0.717) is 11.1 Å². The number of benzene rings is 1. The Hall–Kier alpha value is -1.75. The lowest BCUT2D eigenvalue weighted by Gasteiger charge is -2.12. The highest BCUT2D eigenvalue weighted by Gasteiger charge is 2.37. The molecule has 17 heavy (non-hydrogen) atoms. The summed E-state index contributed by atoms with van der Waals surface area (Å²) in [5, 5.41) is 0. The number of rotatable bonds is 2. The quantitative estimate of drug-likeness (QED) is 0.630. The smallest absolute Gasteiger partial charge is 0.262 e. The Kier molecular flexibility index (Phi) is 2.71. The molecule has 0 aliphatic carbocycles. The van der Waals surface area contributed by atoms with Gasteiger partial charge in [0, 0.05) is 0 Å². The second kappa shape index (κ2) is 3.92. The van der Waals surface area contributed by atoms with Crippen molar-refractivity contribution in [3.05, 3.63) is 34.4 Å². The first kappa shape index (κ1) is 11.7. The second-order valence-electron chi connectivity index (χ2n) is 4.11. The van der Waals surface area contributed by atoms with Gasteiger partial charge in [0.05, 0.1) is 22.7 Å². The topological polar surface area (TPSA) is 63.4 Å². The predicted molar refractivity (Wildman–Crippen MR) is 68.1 cm³/mol. The highest BCUT2D eigenvalue weighted by atomic mass is 32.1. The molecule has 0 spiro atoms. The number of aryl methyl sites for hydroxylation is 2. The molecule has 1 aliphatic rings. The monoisotopic (exact) mass is 248 g/mol. The van der Waals surface area contributed by atoms with E-state index < -0.39 is 0 Å². The van der Waals surface area contributed by atoms with Crippen LogP contribution in [0.4, 0.5) is 0 Å². The lowest BCUT2D eigenvalue weighted by atomic mass is 9.99. The Morgan fingerprint density at radius 3 is 1.94 bits per heavy atom. The minimum atomic E-state index is -0.306. The van der Waals surface area contributed by atoms with Crippen LogP contribution in [0.25, 0.3) is 0 Å². The van der Waals surface area contributed by atoms with Crippen molar-refractivity contribution in [2.24, 2.45) is 5.73 Å². The summed E-state index contributed by atoms with van der Waals surface area (Å²) in [5.41, 5.74) is 7.95. The standard InChI is InChI=1S/C12H12N2O2S/c1-6-3-4-7(2)10-9(6)11(15)14(12(10)16)5-8(13)17/h3-4H,5H2,1-2H3,(H2,13,17). The molecule has 1 aliphatic heterocycles. The number of nitrogens with zero attached hydrogens (tertiary/aromatic N) is 1. The molecule has 0 bridgehead atoms. The summed E-state index contributed by atoms with van der Waals surface area (Å²) in [7, 11) is 0. The lowest BCUT2D eigenvalue weighted by molar-refractivity contribution is 0.0677. The van der Waals surface area contributed by atoms with Crippen molar-refractivity contribution in [1.82, 2.24) is 4.90 Å². The van der Waals surface area contributed by atoms with Gasteiger partial charge in [-0.2, -0.15) is 0 Å². The molecule has 2 rings (SSSR count). The van der Waals surface area contributed by atoms with Crippen LogP contribution in [0.15, 0.2) is 12.1 Å². The largest absolute Gasteiger partial charge is 0.392 e. The molecule has 1 heterocycles. The summed E-state index contributed by atoms with van der Waals surface area (Å²) in [6.07, 6.45) is 0. The van der Waals surface area contributed by atoms with Crippen LogP contribution < -0.4 is 5.73 Å². The molecule has 0 radical (unpaired) electrons. The number of thiocarbonyl (C=S) groups is 1. The third-order valence-corrected chi connectivity index (χ3v) is 2.98. The van der Waals surface area contributed by atoms with E-state index in [1.165, 1.54) is 0 Å². The van der Waals surface area contributed by atoms with Gasteiger partial charge in [0.25, 0.3) is 11.8 Å². The summed E-state index contributed by atoms with van der Waals surface area (Å²) in [5.74, 6) is -0.613. The predicted octanol–water partition coefficient (Wildman–Crippen LogP) is 1.19. The number of carbonyl (C=O) groups excluding carboxylic acids is 2. The van der Waals surface area contributed by atoms with Gasteiger partial charge in [-0.3, -0.25) is 14.5 Å². The fourth-order valence-corrected chi connectivity index (χ4v) is 2.15. The van der Waals surface area contributed by atoms with E-state index in [1.54, 1.807) is 0 Å². The van der Waals surface area contributed by atoms with Gasteiger partial charge in [0.1, 0.15) is 0 Å². The van der Waals surface area contributed by atoms with Crippen molar-refractivity contribution in [1.29, 1.82) is 0 Å². The van der Waals surface area contributed by atoms with E-state index >= 15 is 0 Å². The average molecular weight is 248 g/mol. The van der Waals surface area contributed by atoms with Gasteiger partial charge in [-0.15, -0.1) is 0 Å². The Bertz CT molecular complexity index is 511. The third-order valence-electron chi connectivity index (χ3n) is 2.85. The molecule has 1 aromatic rings. The van der Waals surface area contributed by atoms with Gasteiger partial charge < -0.3 is 5.73 Å². The van der Waals surface area contributed by atoms with Crippen molar-refractivity contribution in [2.75, 3.05) is 6.54 Å². The van der Waals surface area contributed by atoms with E-state index in [0.717, 1.165) is 16.0 Å². The second-order valence-corrected chi connectivity index (χ2v) is 4.64. The van der Waals surface area contributed by atoms with E-state index in [1.807, 2.05) is 26.0 Å². The Morgan fingerprint density at radius 1 is 1.18 bits per heavy atom. The summed E-state index contributed by atoms with van der Waals surface area (Å²) in [6, 6.07) is 3.67. The number of imide groups is 1. The fourth-order valence-electron chi connectivity index (χ4n) is 2.02. The molecule has 5 heteroatoms. The molecular formula is C12H12N2O2S. The van der Waals surface area contributed by atoms with Crippen LogP contribution in [0.1, 0.15) is 31.8 Å². The number of nitrogens with two attached hydrogens (primary N) is 1. The van der Waals surface area contributed by atoms with Crippen molar-refractivity contribution in [2.45, 2.75) is 13.8 Å². The molecule has 0 unspecified atom stereocenters. The first-order valence-corrected chi connectivity index (χ1v) is 5.59. The third kappa shape index (κ3) is 1.72. The van der Waals surface area contributed by atoms with Crippen LogP contribution >= 0.6 is 12.2 Å². The summed E-state index contributed by atoms with van der Waals surface area (Å²) < 4.78 is 0. The van der Waals surface area contributed by atoms with Gasteiger partial charge in [0.2, 0.25) is 0 Å². The van der Waals surface area contributed by atoms with E-state index in [4.69, 9.17) is 18.0 Å². The number of amides is 2. The highest BCUT2D eigenvalue weighted by molar-refractivity contribution is 7.80. The molecule has 2 N–H and O–H groups in total. The molecule has 4 nitrogen and oxygen atoms in total. The Balaban J connectivity index is 2.56. The number of hydrogen-bond donors (Lipinski definition) is 1. The maximum atomic E-state index is 12.1. The van der Waals surface area contributed by atoms with Crippen LogP contribution in [0.3, 0.4) is 0 Å². The van der Waals surface area contributed by atoms with E-state index in [2.05, 4.69) is 0 Å². The Labute approximate surface area is 104 Å². The first-order valence-electron chi connectivity index (χ1n) is 5.18. The maximum Gasteiger partial charge on any atom is 0.262 e. The Morgan fingerprint density at radius 2 is 1.59 bits per heavy atom. The molecule has 2 amide bonds. The van der Waals surface area contributed by atoms with Crippen molar-refractivity contribution < 1.29 is 9.59 Å². The van der Waals surface area contributed by atoms with Gasteiger partial charge in [-0.05, 0) is 25.0 Å². The summed E-state index contributed by atoms with van der Waals surface area (Å²) >= 11 is 4.75. The normalized spacial score (nSPS) is 14.1. The molecule has 0 saturated heterocycles. The van der Waals surface area contributed by atoms with E-state index in [9.17, 15) is 9.59 Å². The van der Waals surface area contributed by atoms with Crippen molar-refractivity contribution in [3.63, 3.8) is 0 Å². The number of fused-ring (bicyclic) bond motifs is 1. The van der Waals surface area contributed by atoms with Crippen molar-refractivity contribution >= 4 is 29.0 Å². The molecule has 0 fully saturated rings. The first-order chi connectivity index (χ1) is 7.93. The van der Waals surface area contributed by atoms with Gasteiger partial charge in [-0.1, -0.05) is 24.4 Å². The SMILES string of the molecule is Cc1ccc(C)c2c1C(=O)N(CC(N)=S)C2=O. The minimum Gasteiger partial charge on any atom is -0.392 e. The maximum absolute atomic E-state index is 12.1. The minimum absolute atomic E-state index is 0.000556. The molecule has 0 saturated carbocycles. The van der Waals surface area contributed by atoms with Crippen LogP contribution in [0.5, 0.6) is 0 Å².